The van der Waals surface area contributed by atoms with Crippen molar-refractivity contribution >= 4 is 61.5 Å². The van der Waals surface area contributed by atoms with Crippen LogP contribution >= 0.6 is 34.4 Å². The van der Waals surface area contributed by atoms with Crippen molar-refractivity contribution in [1.29, 1.82) is 0 Å². The van der Waals surface area contributed by atoms with Crippen LogP contribution in [0.5, 0.6) is 0 Å². The lowest BCUT2D eigenvalue weighted by Gasteiger charge is -2.13. The summed E-state index contributed by atoms with van der Waals surface area (Å²) in [5, 5.41) is 6.39. The van der Waals surface area contributed by atoms with E-state index in [2.05, 4.69) is 5.32 Å². The number of rotatable bonds is 8. The van der Waals surface area contributed by atoms with Crippen LogP contribution in [-0.4, -0.2) is 33.8 Å². The molecule has 0 spiro atoms. The van der Waals surface area contributed by atoms with Gasteiger partial charge in [0, 0.05) is 15.8 Å². The Bertz CT molecular complexity index is 1890. The molecule has 1 amide bonds. The number of anilines is 1. The average molecular weight is 616 g/mol. The molecule has 0 bridgehead atoms. The van der Waals surface area contributed by atoms with Gasteiger partial charge in [0.15, 0.2) is 5.16 Å². The van der Waals surface area contributed by atoms with Crippen LogP contribution in [0.4, 0.5) is 5.00 Å². The van der Waals surface area contributed by atoms with Crippen LogP contribution in [-0.2, 0) is 22.4 Å². The van der Waals surface area contributed by atoms with Crippen LogP contribution in [0.2, 0.25) is 0 Å². The number of fused-ring (bicyclic) bond motifs is 3. The number of benzene rings is 2. The van der Waals surface area contributed by atoms with E-state index in [1.54, 1.807) is 22.8 Å². The molecule has 3 aromatic heterocycles. The zero-order valence-electron chi connectivity index (χ0n) is 23.5. The van der Waals surface area contributed by atoms with Gasteiger partial charge in [-0.3, -0.25) is 14.2 Å². The molecular formula is C32H29N3O4S3. The van der Waals surface area contributed by atoms with E-state index in [0.717, 1.165) is 51.9 Å². The van der Waals surface area contributed by atoms with Crippen molar-refractivity contribution in [3.05, 3.63) is 91.4 Å². The minimum absolute atomic E-state index is 0.00894. The Kier molecular flexibility index (Phi) is 8.02. The standard InChI is InChI=1S/C32H29N3O4S3/c1-4-39-31(38)27-23(20-14-13-18(2)19(3)15-20)16-40-28(27)33-25(36)17-41-32-34-29-26(22-11-8-12-24(22)42-29)30(37)35(32)21-9-6-5-7-10-21/h5-7,9-10,13-16H,4,8,11-12,17H2,1-3H3,(H,33,36). The Morgan fingerprint density at radius 2 is 1.90 bits per heavy atom. The van der Waals surface area contributed by atoms with E-state index in [-0.39, 0.29) is 23.8 Å². The van der Waals surface area contributed by atoms with Crippen molar-refractivity contribution in [2.24, 2.45) is 0 Å². The molecule has 7 nitrogen and oxygen atoms in total. The zero-order chi connectivity index (χ0) is 29.4. The van der Waals surface area contributed by atoms with Crippen LogP contribution in [0.15, 0.2) is 63.9 Å². The topological polar surface area (TPSA) is 90.3 Å². The fourth-order valence-corrected chi connectivity index (χ4v) is 8.29. The maximum atomic E-state index is 13.8. The van der Waals surface area contributed by atoms with Crippen molar-refractivity contribution in [2.75, 3.05) is 17.7 Å². The number of thioether (sulfide) groups is 1. The zero-order valence-corrected chi connectivity index (χ0v) is 25.9. The van der Waals surface area contributed by atoms with E-state index >= 15 is 0 Å². The van der Waals surface area contributed by atoms with E-state index < -0.39 is 5.97 Å². The quantitative estimate of drug-likeness (QED) is 0.113. The number of hydrogen-bond acceptors (Lipinski definition) is 8. The summed E-state index contributed by atoms with van der Waals surface area (Å²) >= 11 is 4.08. The second-order valence-electron chi connectivity index (χ2n) is 10.1. The molecule has 0 aliphatic heterocycles. The Morgan fingerprint density at radius 1 is 1.10 bits per heavy atom. The highest BCUT2D eigenvalue weighted by molar-refractivity contribution is 7.99. The number of carbonyl (C=O) groups is 2. The summed E-state index contributed by atoms with van der Waals surface area (Å²) in [6, 6.07) is 15.4. The van der Waals surface area contributed by atoms with E-state index in [0.29, 0.717) is 26.8 Å². The number of para-hydroxylation sites is 1. The molecule has 0 radical (unpaired) electrons. The summed E-state index contributed by atoms with van der Waals surface area (Å²) in [5.41, 5.74) is 5.95. The van der Waals surface area contributed by atoms with E-state index in [4.69, 9.17) is 9.72 Å². The van der Waals surface area contributed by atoms with Gasteiger partial charge in [0.1, 0.15) is 15.4 Å². The summed E-state index contributed by atoms with van der Waals surface area (Å²) in [5.74, 6) is -0.776. The molecular weight excluding hydrogens is 587 g/mol. The minimum Gasteiger partial charge on any atom is -0.462 e. The number of hydrogen-bond donors (Lipinski definition) is 1. The molecule has 1 aliphatic carbocycles. The molecule has 0 saturated carbocycles. The van der Waals surface area contributed by atoms with Crippen LogP contribution in [0.3, 0.4) is 0 Å². The molecule has 0 atom stereocenters. The molecule has 0 saturated heterocycles. The van der Waals surface area contributed by atoms with Crippen LogP contribution in [0.25, 0.3) is 27.0 Å². The van der Waals surface area contributed by atoms with Gasteiger partial charge in [-0.05, 0) is 74.4 Å². The van der Waals surface area contributed by atoms with Gasteiger partial charge in [-0.2, -0.15) is 0 Å². The van der Waals surface area contributed by atoms with Crippen molar-refractivity contribution < 1.29 is 14.3 Å². The van der Waals surface area contributed by atoms with E-state index in [1.807, 2.05) is 67.8 Å². The lowest BCUT2D eigenvalue weighted by Crippen LogP contribution is -2.23. The number of thiophene rings is 2. The molecule has 1 N–H and O–H groups in total. The number of aryl methyl sites for hydroxylation is 4. The highest BCUT2D eigenvalue weighted by Gasteiger charge is 2.26. The molecule has 214 valence electrons. The first-order valence-electron chi connectivity index (χ1n) is 13.8. The molecule has 5 aromatic rings. The second-order valence-corrected chi connectivity index (χ2v) is 13.0. The molecule has 10 heteroatoms. The Hall–Kier alpha value is -3.73. The van der Waals surface area contributed by atoms with Gasteiger partial charge in [-0.25, -0.2) is 9.78 Å². The van der Waals surface area contributed by atoms with Gasteiger partial charge in [0.05, 0.1) is 23.4 Å². The third kappa shape index (κ3) is 5.30. The maximum absolute atomic E-state index is 13.8. The third-order valence-corrected chi connectivity index (χ3v) is 10.4. The first-order valence-corrected chi connectivity index (χ1v) is 16.5. The second kappa shape index (κ2) is 11.9. The summed E-state index contributed by atoms with van der Waals surface area (Å²) in [6.45, 7) is 6.05. The number of nitrogens with zero attached hydrogens (tertiary/aromatic N) is 2. The Morgan fingerprint density at radius 3 is 2.67 bits per heavy atom. The van der Waals surface area contributed by atoms with Gasteiger partial charge in [-0.1, -0.05) is 48.2 Å². The summed E-state index contributed by atoms with van der Waals surface area (Å²) in [6.07, 6.45) is 2.92. The van der Waals surface area contributed by atoms with E-state index in [9.17, 15) is 14.4 Å². The van der Waals surface area contributed by atoms with Gasteiger partial charge < -0.3 is 10.1 Å². The van der Waals surface area contributed by atoms with Gasteiger partial charge >= 0.3 is 5.97 Å². The molecule has 0 fully saturated rings. The number of nitrogens with one attached hydrogen (secondary N) is 1. The lowest BCUT2D eigenvalue weighted by molar-refractivity contribution is -0.113. The third-order valence-electron chi connectivity index (χ3n) is 7.40. The monoisotopic (exact) mass is 615 g/mol. The van der Waals surface area contributed by atoms with Gasteiger partial charge in [0.25, 0.3) is 5.56 Å². The highest BCUT2D eigenvalue weighted by atomic mass is 32.2. The molecule has 0 unspecified atom stereocenters. The van der Waals surface area contributed by atoms with Gasteiger partial charge in [0.2, 0.25) is 5.91 Å². The number of amides is 1. The molecule has 42 heavy (non-hydrogen) atoms. The van der Waals surface area contributed by atoms with Crippen molar-refractivity contribution in [1.82, 2.24) is 9.55 Å². The number of ether oxygens (including phenoxy) is 1. The maximum Gasteiger partial charge on any atom is 0.341 e. The van der Waals surface area contributed by atoms with Crippen LogP contribution < -0.4 is 10.9 Å². The number of aromatic nitrogens is 2. The average Bonchev–Trinajstić information content (AvgIpc) is 3.69. The van der Waals surface area contributed by atoms with Crippen LogP contribution in [0.1, 0.15) is 45.3 Å². The van der Waals surface area contributed by atoms with Crippen LogP contribution in [0, 0.1) is 13.8 Å². The summed E-state index contributed by atoms with van der Waals surface area (Å²) < 4.78 is 6.97. The van der Waals surface area contributed by atoms with Crippen molar-refractivity contribution in [2.45, 2.75) is 45.2 Å². The predicted molar refractivity (Wildman–Crippen MR) is 172 cm³/mol. The van der Waals surface area contributed by atoms with Crippen molar-refractivity contribution in [3.8, 4) is 16.8 Å². The van der Waals surface area contributed by atoms with Crippen molar-refractivity contribution in [3.63, 3.8) is 0 Å². The summed E-state index contributed by atoms with van der Waals surface area (Å²) in [4.78, 5) is 47.0. The highest BCUT2D eigenvalue weighted by Crippen LogP contribution is 2.38. The van der Waals surface area contributed by atoms with E-state index in [1.165, 1.54) is 28.0 Å². The smallest absolute Gasteiger partial charge is 0.341 e. The number of carbonyl (C=O) groups excluding carboxylic acids is 2. The normalized spacial score (nSPS) is 12.5. The molecule has 2 aromatic carbocycles. The summed E-state index contributed by atoms with van der Waals surface area (Å²) in [7, 11) is 0. The molecule has 6 rings (SSSR count). The molecule has 1 aliphatic rings. The van der Waals surface area contributed by atoms with Gasteiger partial charge in [-0.15, -0.1) is 22.7 Å². The molecule has 3 heterocycles. The fourth-order valence-electron chi connectivity index (χ4n) is 5.20. The Labute approximate surface area is 255 Å². The first kappa shape index (κ1) is 28.4. The largest absolute Gasteiger partial charge is 0.462 e. The minimum atomic E-state index is -0.481. The lowest BCUT2D eigenvalue weighted by atomic mass is 9.99. The predicted octanol–water partition coefficient (Wildman–Crippen LogP) is 7.19. The number of esters is 1. The SMILES string of the molecule is CCOC(=O)c1c(-c2ccc(C)c(C)c2)csc1NC(=O)CSc1nc2sc3c(c2c(=O)n1-c1ccccc1)CCC3. The Balaban J connectivity index is 1.30. The fraction of sp³-hybridized carbons (Fsp3) is 0.250. The first-order chi connectivity index (χ1) is 20.4.